The molecule has 102 valence electrons. The van der Waals surface area contributed by atoms with Gasteiger partial charge in [-0.05, 0) is 37.1 Å². The maximum absolute atomic E-state index is 8.80. The Balaban J connectivity index is 2.79. The van der Waals surface area contributed by atoms with Crippen molar-refractivity contribution in [2.45, 2.75) is 25.8 Å². The maximum atomic E-state index is 8.80. The van der Waals surface area contributed by atoms with E-state index in [2.05, 4.69) is 12.2 Å². The largest absolute Gasteiger partial charge is 0.493 e. The third kappa shape index (κ3) is 3.89. The molecule has 0 heterocycles. The molecule has 18 heavy (non-hydrogen) atoms. The highest BCUT2D eigenvalue weighted by Gasteiger charge is 2.11. The molecule has 2 N–H and O–H groups in total. The number of aliphatic hydroxyl groups is 1. The van der Waals surface area contributed by atoms with Gasteiger partial charge in [0.15, 0.2) is 11.5 Å². The van der Waals surface area contributed by atoms with Crippen molar-refractivity contribution in [2.75, 3.05) is 27.4 Å². The summed E-state index contributed by atoms with van der Waals surface area (Å²) in [6, 6.07) is 6.24. The second kappa shape index (κ2) is 7.95. The Hall–Kier alpha value is -1.26. The monoisotopic (exact) mass is 253 g/mol. The molecule has 1 aromatic carbocycles. The minimum atomic E-state index is 0.218. The van der Waals surface area contributed by atoms with Gasteiger partial charge in [-0.2, -0.15) is 0 Å². The van der Waals surface area contributed by atoms with Crippen LogP contribution >= 0.6 is 0 Å². The molecule has 4 nitrogen and oxygen atoms in total. The molecule has 0 aliphatic carbocycles. The van der Waals surface area contributed by atoms with Crippen molar-refractivity contribution < 1.29 is 14.6 Å². The molecular weight excluding hydrogens is 230 g/mol. The van der Waals surface area contributed by atoms with E-state index in [9.17, 15) is 0 Å². The van der Waals surface area contributed by atoms with Crippen LogP contribution in [0.3, 0.4) is 0 Å². The maximum Gasteiger partial charge on any atom is 0.161 e. The summed E-state index contributed by atoms with van der Waals surface area (Å²) in [4.78, 5) is 0. The first-order chi connectivity index (χ1) is 8.76. The Morgan fingerprint density at radius 3 is 2.50 bits per heavy atom. The average molecular weight is 253 g/mol. The third-order valence-electron chi connectivity index (χ3n) is 2.94. The molecule has 0 bridgehead atoms. The molecule has 4 heteroatoms. The van der Waals surface area contributed by atoms with Crippen LogP contribution in [0, 0.1) is 0 Å². The van der Waals surface area contributed by atoms with Crippen molar-refractivity contribution in [1.82, 2.24) is 5.32 Å². The summed E-state index contributed by atoms with van der Waals surface area (Å²) in [6.07, 6.45) is 1.75. The molecular formula is C14H23NO3. The summed E-state index contributed by atoms with van der Waals surface area (Å²) in [6.45, 7) is 3.16. The van der Waals surface area contributed by atoms with Crippen molar-refractivity contribution in [2.24, 2.45) is 0 Å². The summed E-state index contributed by atoms with van der Waals surface area (Å²) >= 11 is 0. The van der Waals surface area contributed by atoms with E-state index in [1.807, 2.05) is 18.2 Å². The topological polar surface area (TPSA) is 50.7 Å². The average Bonchev–Trinajstić information content (AvgIpc) is 2.43. The zero-order valence-corrected chi connectivity index (χ0v) is 11.4. The van der Waals surface area contributed by atoms with Crippen LogP contribution in [0.2, 0.25) is 0 Å². The lowest BCUT2D eigenvalue weighted by Gasteiger charge is -2.18. The highest BCUT2D eigenvalue weighted by Crippen LogP contribution is 2.30. The normalized spacial score (nSPS) is 12.2. The van der Waals surface area contributed by atoms with Gasteiger partial charge >= 0.3 is 0 Å². The fourth-order valence-electron chi connectivity index (χ4n) is 1.92. The van der Waals surface area contributed by atoms with Gasteiger partial charge < -0.3 is 19.9 Å². The number of benzene rings is 1. The number of hydrogen-bond acceptors (Lipinski definition) is 4. The van der Waals surface area contributed by atoms with E-state index < -0.39 is 0 Å². The van der Waals surface area contributed by atoms with Crippen molar-refractivity contribution in [3.8, 4) is 11.5 Å². The molecule has 0 aliphatic rings. The second-order valence-electron chi connectivity index (χ2n) is 4.11. The number of aliphatic hydroxyl groups excluding tert-OH is 1. The molecule has 0 aliphatic heterocycles. The predicted molar refractivity (Wildman–Crippen MR) is 72.3 cm³/mol. The zero-order valence-electron chi connectivity index (χ0n) is 11.4. The minimum Gasteiger partial charge on any atom is -0.493 e. The van der Waals surface area contributed by atoms with Gasteiger partial charge in [0, 0.05) is 12.6 Å². The lowest BCUT2D eigenvalue weighted by Crippen LogP contribution is -2.22. The summed E-state index contributed by atoms with van der Waals surface area (Å²) in [5.41, 5.74) is 1.17. The summed E-state index contributed by atoms with van der Waals surface area (Å²) in [5.74, 6) is 1.49. The molecule has 1 atom stereocenters. The molecule has 0 saturated heterocycles. The Labute approximate surface area is 109 Å². The fourth-order valence-corrected chi connectivity index (χ4v) is 1.92. The van der Waals surface area contributed by atoms with Gasteiger partial charge in [-0.15, -0.1) is 0 Å². The van der Waals surface area contributed by atoms with Crippen LogP contribution < -0.4 is 14.8 Å². The molecule has 0 aromatic heterocycles. The van der Waals surface area contributed by atoms with E-state index in [-0.39, 0.29) is 12.6 Å². The summed E-state index contributed by atoms with van der Waals surface area (Å²) in [5, 5.41) is 12.2. The van der Waals surface area contributed by atoms with E-state index >= 15 is 0 Å². The number of nitrogens with one attached hydrogen (secondary N) is 1. The minimum absolute atomic E-state index is 0.218. The van der Waals surface area contributed by atoms with Crippen LogP contribution in [-0.4, -0.2) is 32.5 Å². The lowest BCUT2D eigenvalue weighted by molar-refractivity contribution is 0.282. The predicted octanol–water partition coefficient (Wildman–Crippen LogP) is 2.13. The first-order valence-corrected chi connectivity index (χ1v) is 6.33. The van der Waals surface area contributed by atoms with Gasteiger partial charge in [-0.3, -0.25) is 0 Å². The summed E-state index contributed by atoms with van der Waals surface area (Å²) < 4.78 is 10.5. The molecule has 0 radical (unpaired) electrons. The van der Waals surface area contributed by atoms with E-state index in [0.717, 1.165) is 30.9 Å². The van der Waals surface area contributed by atoms with Crippen LogP contribution in [0.4, 0.5) is 0 Å². The fraction of sp³-hybridized carbons (Fsp3) is 0.571. The highest BCUT2D eigenvalue weighted by atomic mass is 16.5. The molecule has 1 rings (SSSR count). The third-order valence-corrected chi connectivity index (χ3v) is 2.94. The molecule has 0 spiro atoms. The number of ether oxygens (including phenoxy) is 2. The van der Waals surface area contributed by atoms with E-state index in [0.29, 0.717) is 0 Å². The van der Waals surface area contributed by atoms with E-state index in [1.165, 1.54) is 5.56 Å². The molecule has 0 amide bonds. The Morgan fingerprint density at radius 1 is 1.22 bits per heavy atom. The van der Waals surface area contributed by atoms with Crippen molar-refractivity contribution in [1.29, 1.82) is 0 Å². The SMILES string of the molecule is CCC(NCCCO)c1ccc(OC)c(OC)c1. The highest BCUT2D eigenvalue weighted by molar-refractivity contribution is 5.43. The van der Waals surface area contributed by atoms with Crippen LogP contribution in [0.5, 0.6) is 11.5 Å². The van der Waals surface area contributed by atoms with Crippen LogP contribution in [0.25, 0.3) is 0 Å². The molecule has 0 fully saturated rings. The van der Waals surface area contributed by atoms with Crippen molar-refractivity contribution in [3.05, 3.63) is 23.8 Å². The van der Waals surface area contributed by atoms with Gasteiger partial charge in [-0.25, -0.2) is 0 Å². The first kappa shape index (κ1) is 14.8. The van der Waals surface area contributed by atoms with Gasteiger partial charge in [0.25, 0.3) is 0 Å². The standard InChI is InChI=1S/C14H23NO3/c1-4-12(15-8-5-9-16)11-6-7-13(17-2)14(10-11)18-3/h6-7,10,12,15-16H,4-5,8-9H2,1-3H3. The molecule has 0 saturated carbocycles. The first-order valence-electron chi connectivity index (χ1n) is 6.33. The molecule has 1 aromatic rings. The zero-order chi connectivity index (χ0) is 13.4. The van der Waals surface area contributed by atoms with Gasteiger partial charge in [0.1, 0.15) is 0 Å². The van der Waals surface area contributed by atoms with Gasteiger partial charge in [0.2, 0.25) is 0 Å². The quantitative estimate of drug-likeness (QED) is 0.697. The van der Waals surface area contributed by atoms with Crippen molar-refractivity contribution in [3.63, 3.8) is 0 Å². The van der Waals surface area contributed by atoms with E-state index in [4.69, 9.17) is 14.6 Å². The van der Waals surface area contributed by atoms with Crippen LogP contribution in [0.1, 0.15) is 31.4 Å². The lowest BCUT2D eigenvalue weighted by atomic mass is 10.0. The number of rotatable bonds is 8. The second-order valence-corrected chi connectivity index (χ2v) is 4.11. The number of hydrogen-bond donors (Lipinski definition) is 2. The molecule has 1 unspecified atom stereocenters. The van der Waals surface area contributed by atoms with Crippen LogP contribution in [-0.2, 0) is 0 Å². The Bertz CT molecular complexity index is 355. The van der Waals surface area contributed by atoms with Crippen LogP contribution in [0.15, 0.2) is 18.2 Å². The van der Waals surface area contributed by atoms with Crippen molar-refractivity contribution >= 4 is 0 Å². The van der Waals surface area contributed by atoms with Gasteiger partial charge in [0.05, 0.1) is 14.2 Å². The van der Waals surface area contributed by atoms with E-state index in [1.54, 1.807) is 14.2 Å². The Morgan fingerprint density at radius 2 is 1.94 bits per heavy atom. The number of methoxy groups -OCH3 is 2. The summed E-state index contributed by atoms with van der Waals surface area (Å²) in [7, 11) is 3.27. The van der Waals surface area contributed by atoms with Gasteiger partial charge in [-0.1, -0.05) is 13.0 Å². The smallest absolute Gasteiger partial charge is 0.161 e. The Kier molecular flexibility index (Phi) is 6.54.